The fraction of sp³-hybridized carbons (Fsp3) is 0.320. The Bertz CT molecular complexity index is 1160. The number of nitrogens with zero attached hydrogens (tertiary/aromatic N) is 4. The van der Waals surface area contributed by atoms with Crippen LogP contribution >= 0.6 is 11.3 Å². The number of benzene rings is 2. The molecule has 0 spiro atoms. The van der Waals surface area contributed by atoms with E-state index in [1.54, 1.807) is 24.0 Å². The maximum Gasteiger partial charge on any atom is 0.238 e. The predicted molar refractivity (Wildman–Crippen MR) is 133 cm³/mol. The number of thiazole rings is 1. The van der Waals surface area contributed by atoms with Crippen LogP contribution in [0, 0.1) is 12.7 Å². The average Bonchev–Trinajstić information content (AvgIpc) is 3.22. The second-order valence-electron chi connectivity index (χ2n) is 8.43. The first-order valence-corrected chi connectivity index (χ1v) is 12.1. The van der Waals surface area contributed by atoms with Crippen molar-refractivity contribution in [3.05, 3.63) is 71.0 Å². The summed E-state index contributed by atoms with van der Waals surface area (Å²) in [5, 5.41) is 5.41. The normalized spacial score (nSPS) is 14.7. The van der Waals surface area contributed by atoms with Crippen molar-refractivity contribution in [2.24, 2.45) is 0 Å². The number of nitrogens with one attached hydrogen (secondary N) is 1. The summed E-state index contributed by atoms with van der Waals surface area (Å²) in [5.41, 5.74) is 3.30. The third-order valence-corrected chi connectivity index (χ3v) is 6.51. The second kappa shape index (κ2) is 10.9. The first-order valence-electron chi connectivity index (χ1n) is 11.2. The van der Waals surface area contributed by atoms with Crippen molar-refractivity contribution in [2.75, 3.05) is 42.9 Å². The molecule has 9 heteroatoms. The second-order valence-corrected chi connectivity index (χ2v) is 9.26. The van der Waals surface area contributed by atoms with Crippen LogP contribution in [0.15, 0.2) is 53.9 Å². The van der Waals surface area contributed by atoms with Gasteiger partial charge in [0.15, 0.2) is 5.13 Å². The van der Waals surface area contributed by atoms with E-state index in [0.717, 1.165) is 43.1 Å². The van der Waals surface area contributed by atoms with E-state index in [1.807, 2.05) is 36.6 Å². The van der Waals surface area contributed by atoms with Gasteiger partial charge in [-0.15, -0.1) is 11.3 Å². The van der Waals surface area contributed by atoms with Gasteiger partial charge >= 0.3 is 0 Å². The topological polar surface area (TPSA) is 68.8 Å². The number of carbonyl (C=O) groups excluding carboxylic acids is 2. The molecule has 2 heterocycles. The first-order chi connectivity index (χ1) is 16.4. The van der Waals surface area contributed by atoms with E-state index in [2.05, 4.69) is 15.1 Å². The lowest BCUT2D eigenvalue weighted by Gasteiger charge is -2.33. The molecule has 1 saturated heterocycles. The minimum atomic E-state index is -0.373. The van der Waals surface area contributed by atoms with Gasteiger partial charge in [-0.05, 0) is 42.8 Å². The summed E-state index contributed by atoms with van der Waals surface area (Å²) in [4.78, 5) is 35.4. The third kappa shape index (κ3) is 6.25. The molecule has 1 aliphatic heterocycles. The number of carbonyl (C=O) groups is 2. The van der Waals surface area contributed by atoms with Crippen molar-refractivity contribution in [3.8, 4) is 0 Å². The highest BCUT2D eigenvalue weighted by Gasteiger charge is 2.22. The van der Waals surface area contributed by atoms with Crippen molar-refractivity contribution in [2.45, 2.75) is 20.4 Å². The van der Waals surface area contributed by atoms with Gasteiger partial charge in [0.2, 0.25) is 11.8 Å². The highest BCUT2D eigenvalue weighted by molar-refractivity contribution is 7.14. The zero-order valence-corrected chi connectivity index (χ0v) is 20.1. The molecule has 3 aromatic rings. The first kappa shape index (κ1) is 24.0. The summed E-state index contributed by atoms with van der Waals surface area (Å²) < 4.78 is 13.3. The molecular formula is C25H28FN5O2S. The summed E-state index contributed by atoms with van der Waals surface area (Å²) in [6.07, 6.45) is 0. The third-order valence-electron chi connectivity index (χ3n) is 5.63. The number of amides is 2. The van der Waals surface area contributed by atoms with Gasteiger partial charge in [-0.1, -0.05) is 18.2 Å². The van der Waals surface area contributed by atoms with Crippen molar-refractivity contribution >= 4 is 39.7 Å². The van der Waals surface area contributed by atoms with Crippen LogP contribution in [0.4, 0.5) is 20.9 Å². The number of hydrogen-bond acceptors (Lipinski definition) is 6. The van der Waals surface area contributed by atoms with Crippen molar-refractivity contribution in [1.82, 2.24) is 14.8 Å². The maximum atomic E-state index is 13.3. The van der Waals surface area contributed by atoms with Gasteiger partial charge in [0.05, 0.1) is 17.9 Å². The molecule has 1 fully saturated rings. The van der Waals surface area contributed by atoms with Crippen LogP contribution in [0.5, 0.6) is 0 Å². The van der Waals surface area contributed by atoms with Gasteiger partial charge < -0.3 is 5.32 Å². The molecule has 4 rings (SSSR count). The lowest BCUT2D eigenvalue weighted by atomic mass is 10.2. The number of aromatic nitrogens is 1. The molecule has 178 valence electrons. The van der Waals surface area contributed by atoms with Gasteiger partial charge in [0, 0.05) is 50.7 Å². The van der Waals surface area contributed by atoms with E-state index in [1.165, 1.54) is 23.5 Å². The summed E-state index contributed by atoms with van der Waals surface area (Å²) in [7, 11) is 0. The number of halogens is 1. The van der Waals surface area contributed by atoms with E-state index in [9.17, 15) is 14.0 Å². The minimum absolute atomic E-state index is 0.0726. The number of aryl methyl sites for hydroxylation is 1. The van der Waals surface area contributed by atoms with Crippen LogP contribution in [0.3, 0.4) is 0 Å². The van der Waals surface area contributed by atoms with Crippen LogP contribution in [0.25, 0.3) is 0 Å². The molecule has 7 nitrogen and oxygen atoms in total. The lowest BCUT2D eigenvalue weighted by molar-refractivity contribution is -0.118. The van der Waals surface area contributed by atoms with Crippen LogP contribution in [-0.4, -0.2) is 59.3 Å². The average molecular weight is 482 g/mol. The van der Waals surface area contributed by atoms with Crippen molar-refractivity contribution in [1.29, 1.82) is 0 Å². The van der Waals surface area contributed by atoms with Gasteiger partial charge in [0.1, 0.15) is 5.82 Å². The largest absolute Gasteiger partial charge is 0.325 e. The van der Waals surface area contributed by atoms with Gasteiger partial charge in [-0.25, -0.2) is 9.37 Å². The molecule has 0 bridgehead atoms. The quantitative estimate of drug-likeness (QED) is 0.552. The SMILES string of the molecule is CC(=O)N(c1cccc(C)c1)c1nc(CN2CCN(CC(=O)Nc3cccc(F)c3)CC2)cs1. The molecule has 0 radical (unpaired) electrons. The molecule has 2 aromatic carbocycles. The Morgan fingerprint density at radius 3 is 2.53 bits per heavy atom. The molecule has 0 saturated carbocycles. The molecular weight excluding hydrogens is 453 g/mol. The zero-order chi connectivity index (χ0) is 24.1. The predicted octanol–water partition coefficient (Wildman–Crippen LogP) is 4.03. The number of rotatable bonds is 7. The Morgan fingerprint density at radius 1 is 1.09 bits per heavy atom. The number of piperazine rings is 1. The fourth-order valence-electron chi connectivity index (χ4n) is 3.97. The van der Waals surface area contributed by atoms with Crippen LogP contribution in [-0.2, 0) is 16.1 Å². The van der Waals surface area contributed by atoms with Gasteiger partial charge in [-0.3, -0.25) is 24.3 Å². The maximum absolute atomic E-state index is 13.3. The number of hydrogen-bond donors (Lipinski definition) is 1. The van der Waals surface area contributed by atoms with Crippen LogP contribution < -0.4 is 10.2 Å². The van der Waals surface area contributed by atoms with Gasteiger partial charge in [0.25, 0.3) is 0 Å². The Labute approximate surface area is 202 Å². The van der Waals surface area contributed by atoms with Gasteiger partial charge in [-0.2, -0.15) is 0 Å². The Hall–Kier alpha value is -3.14. The Kier molecular flexibility index (Phi) is 7.66. The summed E-state index contributed by atoms with van der Waals surface area (Å²) >= 11 is 1.46. The molecule has 0 unspecified atom stereocenters. The minimum Gasteiger partial charge on any atom is -0.325 e. The lowest BCUT2D eigenvalue weighted by Crippen LogP contribution is -2.48. The Balaban J connectivity index is 1.29. The van der Waals surface area contributed by atoms with E-state index < -0.39 is 0 Å². The molecule has 1 aliphatic rings. The van der Waals surface area contributed by atoms with Crippen molar-refractivity contribution in [3.63, 3.8) is 0 Å². The monoisotopic (exact) mass is 481 g/mol. The van der Waals surface area contributed by atoms with Crippen LogP contribution in [0.2, 0.25) is 0 Å². The Morgan fingerprint density at radius 2 is 1.82 bits per heavy atom. The molecule has 2 amide bonds. The van der Waals surface area contributed by atoms with E-state index in [-0.39, 0.29) is 24.2 Å². The van der Waals surface area contributed by atoms with Crippen LogP contribution in [0.1, 0.15) is 18.2 Å². The number of anilines is 3. The fourth-order valence-corrected chi connectivity index (χ4v) is 4.85. The smallest absolute Gasteiger partial charge is 0.238 e. The summed E-state index contributed by atoms with van der Waals surface area (Å²) in [6, 6.07) is 13.7. The highest BCUT2D eigenvalue weighted by Crippen LogP contribution is 2.29. The summed E-state index contributed by atoms with van der Waals surface area (Å²) in [5.74, 6) is -0.595. The van der Waals surface area contributed by atoms with Crippen molar-refractivity contribution < 1.29 is 14.0 Å². The van der Waals surface area contributed by atoms with E-state index in [0.29, 0.717) is 17.4 Å². The standard InChI is InChI=1S/C25H28FN5O2S/c1-18-5-3-8-23(13-18)31(19(2)32)25-28-22(17-34-25)15-29-9-11-30(12-10-29)16-24(33)27-21-7-4-6-20(26)14-21/h3-8,13-14,17H,9-12,15-16H2,1-2H3,(H,27,33). The summed E-state index contributed by atoms with van der Waals surface area (Å²) in [6.45, 7) is 7.66. The molecule has 34 heavy (non-hydrogen) atoms. The molecule has 1 N–H and O–H groups in total. The zero-order valence-electron chi connectivity index (χ0n) is 19.3. The molecule has 1 aromatic heterocycles. The molecule has 0 atom stereocenters. The van der Waals surface area contributed by atoms with E-state index >= 15 is 0 Å². The molecule has 0 aliphatic carbocycles. The van der Waals surface area contributed by atoms with E-state index in [4.69, 9.17) is 4.98 Å². The highest BCUT2D eigenvalue weighted by atomic mass is 32.1.